The van der Waals surface area contributed by atoms with Gasteiger partial charge < -0.3 is 15.4 Å². The van der Waals surface area contributed by atoms with Gasteiger partial charge in [0.05, 0.1) is 17.9 Å². The molecular weight excluding hydrogens is 414 g/mol. The van der Waals surface area contributed by atoms with E-state index in [4.69, 9.17) is 4.74 Å². The fourth-order valence-corrected chi connectivity index (χ4v) is 4.06. The Morgan fingerprint density at radius 2 is 1.64 bits per heavy atom. The van der Waals surface area contributed by atoms with E-state index >= 15 is 0 Å². The monoisotopic (exact) mass is 443 g/mol. The number of methoxy groups -OCH3 is 1. The van der Waals surface area contributed by atoms with Crippen LogP contribution in [0.5, 0.6) is 0 Å². The Hall–Kier alpha value is -3.48. The second-order valence-electron chi connectivity index (χ2n) is 8.17. The summed E-state index contributed by atoms with van der Waals surface area (Å²) in [5, 5.41) is 5.65. The van der Waals surface area contributed by atoms with Crippen LogP contribution in [-0.4, -0.2) is 43.5 Å². The van der Waals surface area contributed by atoms with Crippen molar-refractivity contribution in [3.8, 4) is 0 Å². The maximum atomic E-state index is 12.8. The summed E-state index contributed by atoms with van der Waals surface area (Å²) >= 11 is 0. The third-order valence-electron chi connectivity index (χ3n) is 5.84. The second kappa shape index (κ2) is 10.9. The zero-order chi connectivity index (χ0) is 23.0. The molecular formula is C27H29N3O3. The Morgan fingerprint density at radius 3 is 2.42 bits per heavy atom. The van der Waals surface area contributed by atoms with Crippen molar-refractivity contribution in [2.24, 2.45) is 0 Å². The zero-order valence-corrected chi connectivity index (χ0v) is 18.8. The normalized spacial score (nSPS) is 13.2. The SMILES string of the molecule is COCCNC(=O)c1ccccc1NC(=O)c1ccc(CN2CCc3ccccc3C2)cc1. The molecule has 0 fully saturated rings. The van der Waals surface area contributed by atoms with Crippen molar-refractivity contribution >= 4 is 17.5 Å². The van der Waals surface area contributed by atoms with E-state index in [9.17, 15) is 9.59 Å². The minimum Gasteiger partial charge on any atom is -0.383 e. The lowest BCUT2D eigenvalue weighted by Crippen LogP contribution is -2.30. The molecule has 4 rings (SSSR count). The standard InChI is InChI=1S/C27H29N3O3/c1-33-17-15-28-27(32)24-8-4-5-9-25(24)29-26(31)22-12-10-20(11-13-22)18-30-16-14-21-6-2-3-7-23(21)19-30/h2-13H,14-19H2,1H3,(H,28,32)(H,29,31). The molecule has 0 aliphatic carbocycles. The lowest BCUT2D eigenvalue weighted by atomic mass is 9.99. The van der Waals surface area contributed by atoms with Gasteiger partial charge in [-0.1, -0.05) is 48.5 Å². The van der Waals surface area contributed by atoms with Crippen molar-refractivity contribution in [3.05, 3.63) is 101 Å². The number of carbonyl (C=O) groups is 2. The highest BCUT2D eigenvalue weighted by Gasteiger charge is 2.17. The molecule has 0 bridgehead atoms. The number of fused-ring (bicyclic) bond motifs is 1. The van der Waals surface area contributed by atoms with Gasteiger partial charge in [0.15, 0.2) is 0 Å². The van der Waals surface area contributed by atoms with Crippen LogP contribution in [0.25, 0.3) is 0 Å². The van der Waals surface area contributed by atoms with E-state index < -0.39 is 0 Å². The summed E-state index contributed by atoms with van der Waals surface area (Å²) in [6.45, 7) is 3.66. The number of benzene rings is 3. The van der Waals surface area contributed by atoms with Gasteiger partial charge >= 0.3 is 0 Å². The highest BCUT2D eigenvalue weighted by Crippen LogP contribution is 2.21. The third kappa shape index (κ3) is 5.86. The summed E-state index contributed by atoms with van der Waals surface area (Å²) < 4.78 is 4.97. The molecule has 0 unspecified atom stereocenters. The molecule has 2 N–H and O–H groups in total. The first-order valence-electron chi connectivity index (χ1n) is 11.2. The summed E-state index contributed by atoms with van der Waals surface area (Å²) in [7, 11) is 1.58. The molecule has 1 aliphatic rings. The molecule has 0 spiro atoms. The lowest BCUT2D eigenvalue weighted by Gasteiger charge is -2.28. The van der Waals surface area contributed by atoms with Crippen molar-refractivity contribution < 1.29 is 14.3 Å². The van der Waals surface area contributed by atoms with E-state index in [-0.39, 0.29) is 11.8 Å². The number of hydrogen-bond acceptors (Lipinski definition) is 4. The Bertz CT molecular complexity index is 1110. The number of carbonyl (C=O) groups excluding carboxylic acids is 2. The maximum Gasteiger partial charge on any atom is 0.255 e. The van der Waals surface area contributed by atoms with Gasteiger partial charge in [0.2, 0.25) is 0 Å². The zero-order valence-electron chi connectivity index (χ0n) is 18.8. The van der Waals surface area contributed by atoms with Gasteiger partial charge in [0.1, 0.15) is 0 Å². The molecule has 6 heteroatoms. The lowest BCUT2D eigenvalue weighted by molar-refractivity contribution is 0.0938. The molecule has 3 aromatic carbocycles. The number of rotatable bonds is 8. The van der Waals surface area contributed by atoms with Gasteiger partial charge in [-0.2, -0.15) is 0 Å². The van der Waals surface area contributed by atoms with Gasteiger partial charge in [0, 0.05) is 38.9 Å². The van der Waals surface area contributed by atoms with E-state index in [2.05, 4.69) is 39.8 Å². The average molecular weight is 444 g/mol. The number of para-hydroxylation sites is 1. The molecule has 0 aromatic heterocycles. The topological polar surface area (TPSA) is 70.7 Å². The quantitative estimate of drug-likeness (QED) is 0.519. The molecule has 0 saturated heterocycles. The molecule has 0 saturated carbocycles. The third-order valence-corrected chi connectivity index (χ3v) is 5.84. The highest BCUT2D eigenvalue weighted by atomic mass is 16.5. The van der Waals surface area contributed by atoms with Crippen molar-refractivity contribution in [1.29, 1.82) is 0 Å². The number of nitrogens with zero attached hydrogens (tertiary/aromatic N) is 1. The molecule has 2 amide bonds. The van der Waals surface area contributed by atoms with Gasteiger partial charge in [-0.3, -0.25) is 14.5 Å². The number of nitrogens with one attached hydrogen (secondary N) is 2. The number of anilines is 1. The van der Waals surface area contributed by atoms with E-state index in [1.807, 2.05) is 24.3 Å². The molecule has 1 heterocycles. The molecule has 6 nitrogen and oxygen atoms in total. The predicted molar refractivity (Wildman–Crippen MR) is 129 cm³/mol. The molecule has 0 radical (unpaired) electrons. The average Bonchev–Trinajstić information content (AvgIpc) is 2.85. The molecule has 3 aromatic rings. The van der Waals surface area contributed by atoms with Crippen molar-refractivity contribution in [2.45, 2.75) is 19.5 Å². The van der Waals surface area contributed by atoms with Gasteiger partial charge in [-0.15, -0.1) is 0 Å². The molecule has 1 aliphatic heterocycles. The summed E-state index contributed by atoms with van der Waals surface area (Å²) in [5.74, 6) is -0.494. The first-order chi connectivity index (χ1) is 16.1. The fraction of sp³-hybridized carbons (Fsp3) is 0.259. The van der Waals surface area contributed by atoms with E-state index in [0.717, 1.165) is 26.1 Å². The smallest absolute Gasteiger partial charge is 0.255 e. The van der Waals surface area contributed by atoms with E-state index in [1.165, 1.54) is 16.7 Å². The van der Waals surface area contributed by atoms with Crippen molar-refractivity contribution in [1.82, 2.24) is 10.2 Å². The Morgan fingerprint density at radius 1 is 0.909 bits per heavy atom. The number of amides is 2. The van der Waals surface area contributed by atoms with E-state index in [0.29, 0.717) is 30.0 Å². The van der Waals surface area contributed by atoms with Crippen LogP contribution >= 0.6 is 0 Å². The number of ether oxygens (including phenoxy) is 1. The van der Waals surface area contributed by atoms with Gasteiger partial charge in [0.25, 0.3) is 11.8 Å². The van der Waals surface area contributed by atoms with Gasteiger partial charge in [-0.25, -0.2) is 0 Å². The van der Waals surface area contributed by atoms with E-state index in [1.54, 1.807) is 31.4 Å². The minimum atomic E-state index is -0.249. The van der Waals surface area contributed by atoms with Crippen molar-refractivity contribution in [3.63, 3.8) is 0 Å². The largest absolute Gasteiger partial charge is 0.383 e. The van der Waals surface area contributed by atoms with Crippen LogP contribution in [0, 0.1) is 0 Å². The van der Waals surface area contributed by atoms with Crippen LogP contribution in [0.1, 0.15) is 37.4 Å². The summed E-state index contributed by atoms with van der Waals surface area (Å²) in [6, 6.07) is 23.3. The highest BCUT2D eigenvalue weighted by molar-refractivity contribution is 6.09. The molecule has 170 valence electrons. The van der Waals surface area contributed by atoms with Crippen LogP contribution in [0.15, 0.2) is 72.8 Å². The van der Waals surface area contributed by atoms with Crippen LogP contribution in [0.2, 0.25) is 0 Å². The molecule has 33 heavy (non-hydrogen) atoms. The summed E-state index contributed by atoms with van der Waals surface area (Å²) in [6.07, 6.45) is 1.06. The predicted octanol–water partition coefficient (Wildman–Crippen LogP) is 3.87. The fourth-order valence-electron chi connectivity index (χ4n) is 4.06. The molecule has 0 atom stereocenters. The first kappa shape index (κ1) is 22.7. The van der Waals surface area contributed by atoms with Gasteiger partial charge in [-0.05, 0) is 47.4 Å². The van der Waals surface area contributed by atoms with Crippen LogP contribution < -0.4 is 10.6 Å². The Balaban J connectivity index is 1.37. The Kier molecular flexibility index (Phi) is 7.50. The summed E-state index contributed by atoms with van der Waals surface area (Å²) in [5.41, 5.74) is 5.46. The Labute approximate surface area is 194 Å². The minimum absolute atomic E-state index is 0.245. The van der Waals surface area contributed by atoms with Crippen LogP contribution in [0.3, 0.4) is 0 Å². The first-order valence-corrected chi connectivity index (χ1v) is 11.2. The maximum absolute atomic E-state index is 12.8. The van der Waals surface area contributed by atoms with Crippen LogP contribution in [0.4, 0.5) is 5.69 Å². The van der Waals surface area contributed by atoms with Crippen molar-refractivity contribution in [2.75, 3.05) is 32.1 Å². The number of hydrogen-bond donors (Lipinski definition) is 2. The summed E-state index contributed by atoms with van der Waals surface area (Å²) in [4.78, 5) is 27.7. The van der Waals surface area contributed by atoms with Crippen LogP contribution in [-0.2, 0) is 24.2 Å². The second-order valence-corrected chi connectivity index (χ2v) is 8.17.